The molecule has 1 N–H and O–H groups in total. The second kappa shape index (κ2) is 6.12. The summed E-state index contributed by atoms with van der Waals surface area (Å²) in [6.45, 7) is 1.78. The molecule has 1 rings (SSSR count). The molecule has 88 valence electrons. The van der Waals surface area contributed by atoms with Crippen molar-refractivity contribution in [2.45, 2.75) is 26.1 Å². The standard InChI is InChI=1S/C12H16O4/c1-3-10(8-14)16-11-5-4-9(7-13)12(6-11)15-2/h4-6,8,10,13H,3,7H2,1-2H3. The van der Waals surface area contributed by atoms with Gasteiger partial charge >= 0.3 is 0 Å². The van der Waals surface area contributed by atoms with Crippen LogP contribution in [0, 0.1) is 0 Å². The molecule has 0 aliphatic heterocycles. The Bertz CT molecular complexity index is 349. The minimum Gasteiger partial charge on any atom is -0.496 e. The molecule has 0 bridgehead atoms. The summed E-state index contributed by atoms with van der Waals surface area (Å²) in [6.07, 6.45) is 0.949. The lowest BCUT2D eigenvalue weighted by atomic mass is 10.2. The van der Waals surface area contributed by atoms with Gasteiger partial charge < -0.3 is 14.6 Å². The highest BCUT2D eigenvalue weighted by Crippen LogP contribution is 2.25. The quantitative estimate of drug-likeness (QED) is 0.745. The van der Waals surface area contributed by atoms with Crippen LogP contribution in [0.1, 0.15) is 18.9 Å². The summed E-state index contributed by atoms with van der Waals surface area (Å²) in [5.74, 6) is 1.12. The van der Waals surface area contributed by atoms with Crippen LogP contribution in [0.15, 0.2) is 18.2 Å². The molecule has 0 fully saturated rings. The number of carbonyl (C=O) groups excluding carboxylic acids is 1. The van der Waals surface area contributed by atoms with Crippen molar-refractivity contribution in [3.8, 4) is 11.5 Å². The van der Waals surface area contributed by atoms with E-state index in [2.05, 4.69) is 0 Å². The van der Waals surface area contributed by atoms with Crippen LogP contribution in [0.3, 0.4) is 0 Å². The highest BCUT2D eigenvalue weighted by atomic mass is 16.5. The van der Waals surface area contributed by atoms with Crippen LogP contribution in [0.4, 0.5) is 0 Å². The Labute approximate surface area is 94.8 Å². The first kappa shape index (κ1) is 12.5. The number of hydrogen-bond donors (Lipinski definition) is 1. The van der Waals surface area contributed by atoms with E-state index in [-0.39, 0.29) is 6.61 Å². The number of aldehydes is 1. The van der Waals surface area contributed by atoms with E-state index in [1.165, 1.54) is 7.11 Å². The Balaban J connectivity index is 2.86. The minimum atomic E-state index is -0.440. The van der Waals surface area contributed by atoms with Gasteiger partial charge in [-0.2, -0.15) is 0 Å². The molecule has 4 nitrogen and oxygen atoms in total. The lowest BCUT2D eigenvalue weighted by Gasteiger charge is -2.13. The van der Waals surface area contributed by atoms with Gasteiger partial charge in [0.25, 0.3) is 0 Å². The van der Waals surface area contributed by atoms with Gasteiger partial charge in [0.05, 0.1) is 13.7 Å². The Morgan fingerprint density at radius 2 is 2.25 bits per heavy atom. The number of aliphatic hydroxyl groups is 1. The molecule has 0 heterocycles. The fourth-order valence-electron chi connectivity index (χ4n) is 1.31. The maximum absolute atomic E-state index is 10.6. The van der Waals surface area contributed by atoms with Gasteiger partial charge in [-0.15, -0.1) is 0 Å². The summed E-state index contributed by atoms with van der Waals surface area (Å²) in [7, 11) is 1.52. The van der Waals surface area contributed by atoms with Crippen molar-refractivity contribution < 1.29 is 19.4 Å². The van der Waals surface area contributed by atoms with Gasteiger partial charge in [-0.05, 0) is 18.6 Å². The predicted molar refractivity (Wildman–Crippen MR) is 59.7 cm³/mol. The van der Waals surface area contributed by atoms with Crippen LogP contribution in [0.2, 0.25) is 0 Å². The first-order valence-electron chi connectivity index (χ1n) is 5.14. The summed E-state index contributed by atoms with van der Waals surface area (Å²) >= 11 is 0. The number of ether oxygens (including phenoxy) is 2. The van der Waals surface area contributed by atoms with E-state index >= 15 is 0 Å². The number of benzene rings is 1. The summed E-state index contributed by atoms with van der Waals surface area (Å²) in [5, 5.41) is 9.04. The Kier molecular flexibility index (Phi) is 4.79. The van der Waals surface area contributed by atoms with Crippen molar-refractivity contribution in [2.75, 3.05) is 7.11 Å². The van der Waals surface area contributed by atoms with Crippen molar-refractivity contribution in [1.29, 1.82) is 0 Å². The molecule has 1 aromatic carbocycles. The molecule has 0 aliphatic rings. The zero-order valence-electron chi connectivity index (χ0n) is 9.47. The van der Waals surface area contributed by atoms with Crippen LogP contribution in [-0.4, -0.2) is 24.6 Å². The van der Waals surface area contributed by atoms with Crippen LogP contribution < -0.4 is 9.47 Å². The minimum absolute atomic E-state index is 0.0889. The van der Waals surface area contributed by atoms with E-state index in [4.69, 9.17) is 14.6 Å². The molecule has 16 heavy (non-hydrogen) atoms. The van der Waals surface area contributed by atoms with Crippen LogP contribution in [0.25, 0.3) is 0 Å². The van der Waals surface area contributed by atoms with E-state index in [1.54, 1.807) is 18.2 Å². The largest absolute Gasteiger partial charge is 0.496 e. The average Bonchev–Trinajstić information content (AvgIpc) is 2.35. The maximum atomic E-state index is 10.6. The summed E-state index contributed by atoms with van der Waals surface area (Å²) in [4.78, 5) is 10.6. The van der Waals surface area contributed by atoms with Gasteiger partial charge in [0.2, 0.25) is 0 Å². The zero-order valence-corrected chi connectivity index (χ0v) is 9.47. The van der Waals surface area contributed by atoms with Gasteiger partial charge in [-0.1, -0.05) is 6.92 Å². The van der Waals surface area contributed by atoms with E-state index in [0.29, 0.717) is 23.5 Å². The molecule has 4 heteroatoms. The molecular formula is C12H16O4. The van der Waals surface area contributed by atoms with Gasteiger partial charge in [0.15, 0.2) is 12.4 Å². The average molecular weight is 224 g/mol. The summed E-state index contributed by atoms with van der Waals surface area (Å²) < 4.78 is 10.5. The van der Waals surface area contributed by atoms with Gasteiger partial charge in [-0.25, -0.2) is 0 Å². The summed E-state index contributed by atoms with van der Waals surface area (Å²) in [6, 6.07) is 5.09. The topological polar surface area (TPSA) is 55.8 Å². The highest BCUT2D eigenvalue weighted by molar-refractivity contribution is 5.57. The van der Waals surface area contributed by atoms with Crippen LogP contribution >= 0.6 is 0 Å². The number of aliphatic hydroxyl groups excluding tert-OH is 1. The van der Waals surface area contributed by atoms with E-state index in [9.17, 15) is 4.79 Å². The molecule has 1 atom stereocenters. The Morgan fingerprint density at radius 1 is 1.50 bits per heavy atom. The molecule has 0 saturated carbocycles. The van der Waals surface area contributed by atoms with Crippen LogP contribution in [-0.2, 0) is 11.4 Å². The lowest BCUT2D eigenvalue weighted by Crippen LogP contribution is -2.16. The molecule has 0 aliphatic carbocycles. The third kappa shape index (κ3) is 2.97. The Morgan fingerprint density at radius 3 is 2.75 bits per heavy atom. The second-order valence-electron chi connectivity index (χ2n) is 3.33. The molecule has 0 saturated heterocycles. The monoisotopic (exact) mass is 224 g/mol. The first-order chi connectivity index (χ1) is 7.74. The van der Waals surface area contributed by atoms with E-state index in [1.807, 2.05) is 6.92 Å². The third-order valence-corrected chi connectivity index (χ3v) is 2.27. The first-order valence-corrected chi connectivity index (χ1v) is 5.14. The predicted octanol–water partition coefficient (Wildman–Crippen LogP) is 1.54. The van der Waals surface area contributed by atoms with Gasteiger partial charge in [0.1, 0.15) is 11.5 Å². The Hall–Kier alpha value is -1.55. The molecule has 0 aromatic heterocycles. The fourth-order valence-corrected chi connectivity index (χ4v) is 1.31. The lowest BCUT2D eigenvalue weighted by molar-refractivity contribution is -0.113. The molecule has 0 radical (unpaired) electrons. The van der Waals surface area contributed by atoms with E-state index in [0.717, 1.165) is 6.29 Å². The van der Waals surface area contributed by atoms with Gasteiger partial charge in [-0.3, -0.25) is 4.79 Å². The van der Waals surface area contributed by atoms with E-state index < -0.39 is 6.10 Å². The molecule has 1 aromatic rings. The molecule has 0 spiro atoms. The van der Waals surface area contributed by atoms with Crippen molar-refractivity contribution in [3.63, 3.8) is 0 Å². The second-order valence-corrected chi connectivity index (χ2v) is 3.33. The van der Waals surface area contributed by atoms with Crippen LogP contribution in [0.5, 0.6) is 11.5 Å². The molecule has 1 unspecified atom stereocenters. The smallest absolute Gasteiger partial charge is 0.160 e. The third-order valence-electron chi connectivity index (χ3n) is 2.27. The molecule has 0 amide bonds. The number of hydrogen-bond acceptors (Lipinski definition) is 4. The number of methoxy groups -OCH3 is 1. The van der Waals surface area contributed by atoms with Crippen molar-refractivity contribution in [1.82, 2.24) is 0 Å². The number of rotatable bonds is 6. The SMILES string of the molecule is CCC(C=O)Oc1ccc(CO)c(OC)c1. The van der Waals surface area contributed by atoms with Gasteiger partial charge in [0, 0.05) is 11.6 Å². The fraction of sp³-hybridized carbons (Fsp3) is 0.417. The zero-order chi connectivity index (χ0) is 12.0. The number of carbonyl (C=O) groups is 1. The normalized spacial score (nSPS) is 11.9. The van der Waals surface area contributed by atoms with Crippen molar-refractivity contribution in [2.24, 2.45) is 0 Å². The van der Waals surface area contributed by atoms with Crippen molar-refractivity contribution in [3.05, 3.63) is 23.8 Å². The highest BCUT2D eigenvalue weighted by Gasteiger charge is 2.08. The summed E-state index contributed by atoms with van der Waals surface area (Å²) in [5.41, 5.74) is 0.689. The van der Waals surface area contributed by atoms with Crippen molar-refractivity contribution >= 4 is 6.29 Å². The molecular weight excluding hydrogens is 208 g/mol. The maximum Gasteiger partial charge on any atom is 0.160 e.